The smallest absolute Gasteiger partial charge is 0.231 e. The maximum absolute atomic E-state index is 12.2. The number of amides is 2. The molecule has 2 amide bonds. The van der Waals surface area contributed by atoms with E-state index in [1.807, 2.05) is 0 Å². The lowest BCUT2D eigenvalue weighted by Gasteiger charge is -2.21. The number of carbonyl (C=O) groups excluding carboxylic acids is 2. The fraction of sp³-hybridized carbons (Fsp3) is 0.263. The molecule has 136 valence electrons. The lowest BCUT2D eigenvalue weighted by Crippen LogP contribution is -2.31. The van der Waals surface area contributed by atoms with Crippen LogP contribution in [0.15, 0.2) is 42.5 Å². The van der Waals surface area contributed by atoms with E-state index >= 15 is 0 Å². The summed E-state index contributed by atoms with van der Waals surface area (Å²) in [6.07, 6.45) is 0.167. The van der Waals surface area contributed by atoms with E-state index in [9.17, 15) is 9.59 Å². The van der Waals surface area contributed by atoms with Crippen LogP contribution in [0, 0.1) is 0 Å². The van der Waals surface area contributed by atoms with E-state index in [2.05, 4.69) is 5.32 Å². The second-order valence-corrected chi connectivity index (χ2v) is 5.73. The average Bonchev–Trinajstić information content (AvgIpc) is 3.10. The predicted octanol–water partition coefficient (Wildman–Crippen LogP) is 2.81. The monoisotopic (exact) mass is 356 g/mol. The molecule has 0 bridgehead atoms. The van der Waals surface area contributed by atoms with Crippen molar-refractivity contribution in [3.05, 3.63) is 42.5 Å². The number of carbonyl (C=O) groups is 2. The molecule has 1 N–H and O–H groups in total. The molecular weight excluding hydrogens is 336 g/mol. The Balaban J connectivity index is 1.59. The quantitative estimate of drug-likeness (QED) is 0.861. The van der Waals surface area contributed by atoms with Crippen LogP contribution in [0.4, 0.5) is 11.4 Å². The number of nitrogens with zero attached hydrogens (tertiary/aromatic N) is 1. The highest BCUT2D eigenvalue weighted by molar-refractivity contribution is 5.95. The van der Waals surface area contributed by atoms with Crippen LogP contribution in [0.5, 0.6) is 17.2 Å². The minimum Gasteiger partial charge on any atom is -0.497 e. The Labute approximate surface area is 151 Å². The lowest BCUT2D eigenvalue weighted by atomic mass is 10.2. The van der Waals surface area contributed by atoms with Gasteiger partial charge in [0.1, 0.15) is 5.75 Å². The topological polar surface area (TPSA) is 77.1 Å². The van der Waals surface area contributed by atoms with Crippen LogP contribution in [0.2, 0.25) is 0 Å². The van der Waals surface area contributed by atoms with Crippen LogP contribution in [0.25, 0.3) is 0 Å². The molecule has 26 heavy (non-hydrogen) atoms. The molecule has 0 radical (unpaired) electrons. The number of nitrogens with one attached hydrogen (secondary N) is 1. The van der Waals surface area contributed by atoms with Gasteiger partial charge in [-0.3, -0.25) is 9.59 Å². The third-order valence-corrected chi connectivity index (χ3v) is 3.98. The van der Waals surface area contributed by atoms with Gasteiger partial charge < -0.3 is 24.4 Å². The van der Waals surface area contributed by atoms with Gasteiger partial charge in [0, 0.05) is 37.3 Å². The SMILES string of the molecule is COc1ccc(N(CCC(=O)Nc2ccc3c(c2)OCO3)C(C)=O)cc1. The van der Waals surface area contributed by atoms with Gasteiger partial charge in [-0.05, 0) is 36.4 Å². The minimum atomic E-state index is -0.191. The molecular formula is C19H20N2O5. The molecule has 0 saturated carbocycles. The Morgan fingerprint density at radius 1 is 1.12 bits per heavy atom. The van der Waals surface area contributed by atoms with E-state index in [0.29, 0.717) is 28.6 Å². The molecule has 0 atom stereocenters. The highest BCUT2D eigenvalue weighted by Gasteiger charge is 2.16. The summed E-state index contributed by atoms with van der Waals surface area (Å²) in [5.41, 5.74) is 1.34. The third kappa shape index (κ3) is 4.05. The number of methoxy groups -OCH3 is 1. The molecule has 7 heteroatoms. The second kappa shape index (κ2) is 7.77. The van der Waals surface area contributed by atoms with Crippen molar-refractivity contribution < 1.29 is 23.8 Å². The maximum Gasteiger partial charge on any atom is 0.231 e. The van der Waals surface area contributed by atoms with Crippen molar-refractivity contribution >= 4 is 23.2 Å². The Morgan fingerprint density at radius 3 is 2.54 bits per heavy atom. The van der Waals surface area contributed by atoms with Gasteiger partial charge in [0.2, 0.25) is 18.6 Å². The molecule has 2 aromatic rings. The zero-order valence-corrected chi connectivity index (χ0v) is 14.7. The van der Waals surface area contributed by atoms with Crippen molar-refractivity contribution in [1.29, 1.82) is 0 Å². The largest absolute Gasteiger partial charge is 0.497 e. The first-order valence-corrected chi connectivity index (χ1v) is 8.18. The number of ether oxygens (including phenoxy) is 3. The van der Waals surface area contributed by atoms with Gasteiger partial charge in [-0.2, -0.15) is 0 Å². The summed E-state index contributed by atoms with van der Waals surface area (Å²) >= 11 is 0. The zero-order valence-electron chi connectivity index (χ0n) is 14.7. The van der Waals surface area contributed by atoms with Crippen LogP contribution < -0.4 is 24.4 Å². The van der Waals surface area contributed by atoms with E-state index in [1.54, 1.807) is 54.5 Å². The number of hydrogen-bond donors (Lipinski definition) is 1. The molecule has 0 saturated heterocycles. The van der Waals surface area contributed by atoms with Crippen LogP contribution >= 0.6 is 0 Å². The zero-order chi connectivity index (χ0) is 18.5. The van der Waals surface area contributed by atoms with Gasteiger partial charge in [0.25, 0.3) is 0 Å². The highest BCUT2D eigenvalue weighted by Crippen LogP contribution is 2.34. The molecule has 7 nitrogen and oxygen atoms in total. The number of anilines is 2. The Hall–Kier alpha value is -3.22. The number of fused-ring (bicyclic) bond motifs is 1. The van der Waals surface area contributed by atoms with Gasteiger partial charge in [0.15, 0.2) is 11.5 Å². The van der Waals surface area contributed by atoms with E-state index < -0.39 is 0 Å². The van der Waals surface area contributed by atoms with E-state index in [1.165, 1.54) is 6.92 Å². The predicted molar refractivity (Wildman–Crippen MR) is 96.8 cm³/mol. The fourth-order valence-electron chi connectivity index (χ4n) is 2.64. The molecule has 0 fully saturated rings. The van der Waals surface area contributed by atoms with E-state index in [0.717, 1.165) is 0 Å². The fourth-order valence-corrected chi connectivity index (χ4v) is 2.64. The van der Waals surface area contributed by atoms with Crippen LogP contribution in [0.3, 0.4) is 0 Å². The van der Waals surface area contributed by atoms with Crippen molar-refractivity contribution in [1.82, 2.24) is 0 Å². The number of benzene rings is 2. The van der Waals surface area contributed by atoms with Gasteiger partial charge in [-0.15, -0.1) is 0 Å². The van der Waals surface area contributed by atoms with Gasteiger partial charge >= 0.3 is 0 Å². The van der Waals surface area contributed by atoms with Crippen molar-refractivity contribution in [2.24, 2.45) is 0 Å². The standard InChI is InChI=1S/C19H20N2O5/c1-13(22)21(15-4-6-16(24-2)7-5-15)10-9-19(23)20-14-3-8-17-18(11-14)26-12-25-17/h3-8,11H,9-10,12H2,1-2H3,(H,20,23). The van der Waals surface area contributed by atoms with Gasteiger partial charge in [-0.1, -0.05) is 0 Å². The molecule has 0 aromatic heterocycles. The number of rotatable bonds is 6. The lowest BCUT2D eigenvalue weighted by molar-refractivity contribution is -0.117. The molecule has 1 aliphatic rings. The normalized spacial score (nSPS) is 11.8. The molecule has 0 unspecified atom stereocenters. The molecule has 3 rings (SSSR count). The van der Waals surface area contributed by atoms with Crippen molar-refractivity contribution in [3.8, 4) is 17.2 Å². The molecule has 2 aromatic carbocycles. The average molecular weight is 356 g/mol. The van der Waals surface area contributed by atoms with Crippen LogP contribution in [-0.4, -0.2) is 32.3 Å². The van der Waals surface area contributed by atoms with E-state index in [-0.39, 0.29) is 31.6 Å². The first-order chi connectivity index (χ1) is 12.6. The Bertz CT molecular complexity index is 804. The first-order valence-electron chi connectivity index (χ1n) is 8.18. The summed E-state index contributed by atoms with van der Waals surface area (Å²) < 4.78 is 15.7. The van der Waals surface area contributed by atoms with E-state index in [4.69, 9.17) is 14.2 Å². The molecule has 1 aliphatic heterocycles. The van der Waals surface area contributed by atoms with Crippen LogP contribution in [-0.2, 0) is 9.59 Å². The van der Waals surface area contributed by atoms with Crippen molar-refractivity contribution in [2.75, 3.05) is 30.7 Å². The minimum absolute atomic E-state index is 0.133. The summed E-state index contributed by atoms with van der Waals surface area (Å²) in [5, 5.41) is 2.80. The Morgan fingerprint density at radius 2 is 1.85 bits per heavy atom. The maximum atomic E-state index is 12.2. The Kier molecular flexibility index (Phi) is 5.26. The highest BCUT2D eigenvalue weighted by atomic mass is 16.7. The van der Waals surface area contributed by atoms with Gasteiger partial charge in [-0.25, -0.2) is 0 Å². The molecule has 1 heterocycles. The van der Waals surface area contributed by atoms with Crippen molar-refractivity contribution in [3.63, 3.8) is 0 Å². The molecule has 0 spiro atoms. The molecule has 0 aliphatic carbocycles. The van der Waals surface area contributed by atoms with Crippen molar-refractivity contribution in [2.45, 2.75) is 13.3 Å². The second-order valence-electron chi connectivity index (χ2n) is 5.73. The summed E-state index contributed by atoms with van der Waals surface area (Å²) in [6, 6.07) is 12.3. The summed E-state index contributed by atoms with van der Waals surface area (Å²) in [6.45, 7) is 1.93. The summed E-state index contributed by atoms with van der Waals surface area (Å²) in [4.78, 5) is 25.7. The number of hydrogen-bond acceptors (Lipinski definition) is 5. The van der Waals surface area contributed by atoms with Crippen LogP contribution in [0.1, 0.15) is 13.3 Å². The third-order valence-electron chi connectivity index (χ3n) is 3.98. The summed E-state index contributed by atoms with van der Waals surface area (Å²) in [7, 11) is 1.58. The van der Waals surface area contributed by atoms with Gasteiger partial charge in [0.05, 0.1) is 7.11 Å². The first kappa shape index (κ1) is 17.6. The summed E-state index contributed by atoms with van der Waals surface area (Å²) in [5.74, 6) is 1.64.